The van der Waals surface area contributed by atoms with Crippen LogP contribution in [0.15, 0.2) is 18.2 Å². The average molecular weight is 223 g/mol. The molecule has 1 aromatic carbocycles. The van der Waals surface area contributed by atoms with Crippen LogP contribution in [-0.4, -0.2) is 9.97 Å². The molecule has 1 heterocycles. The quantitative estimate of drug-likeness (QED) is 0.692. The molecule has 0 bridgehead atoms. The summed E-state index contributed by atoms with van der Waals surface area (Å²) in [6, 6.07) is 4.74. The number of halogens is 2. The molecule has 0 atom stereocenters. The molecule has 0 amide bonds. The Morgan fingerprint density at radius 2 is 2.07 bits per heavy atom. The molecule has 1 saturated carbocycles. The van der Waals surface area contributed by atoms with E-state index in [1.807, 2.05) is 0 Å². The molecule has 0 unspecified atom stereocenters. The maximum Gasteiger partial charge on any atom is 0.149 e. The summed E-state index contributed by atoms with van der Waals surface area (Å²) in [5.41, 5.74) is 0.333. The Balaban J connectivity index is 2.32. The summed E-state index contributed by atoms with van der Waals surface area (Å²) < 4.78 is 13.5. The van der Waals surface area contributed by atoms with Gasteiger partial charge in [-0.15, -0.1) is 0 Å². The van der Waals surface area contributed by atoms with Gasteiger partial charge in [0.05, 0.1) is 0 Å². The topological polar surface area (TPSA) is 25.8 Å². The predicted octanol–water partition coefficient (Wildman–Crippen LogP) is 3.30. The Hall–Kier alpha value is -1.22. The van der Waals surface area contributed by atoms with Crippen LogP contribution in [0.1, 0.15) is 24.6 Å². The molecule has 0 aliphatic heterocycles. The Labute approximate surface area is 91.1 Å². The van der Waals surface area contributed by atoms with Gasteiger partial charge in [-0.05, 0) is 25.0 Å². The van der Waals surface area contributed by atoms with E-state index in [0.29, 0.717) is 27.8 Å². The molecule has 3 rings (SSSR count). The van der Waals surface area contributed by atoms with Crippen LogP contribution in [0, 0.1) is 5.82 Å². The summed E-state index contributed by atoms with van der Waals surface area (Å²) in [5.74, 6) is 0.725. The van der Waals surface area contributed by atoms with Crippen molar-refractivity contribution in [3.63, 3.8) is 0 Å². The van der Waals surface area contributed by atoms with Gasteiger partial charge in [0.15, 0.2) is 0 Å². The first-order valence-corrected chi connectivity index (χ1v) is 5.25. The summed E-state index contributed by atoms with van der Waals surface area (Å²) in [6.07, 6.45) is 2.16. The molecular formula is C11H8ClFN2. The van der Waals surface area contributed by atoms with Gasteiger partial charge in [-0.25, -0.2) is 14.4 Å². The van der Waals surface area contributed by atoms with Gasteiger partial charge in [-0.2, -0.15) is 0 Å². The van der Waals surface area contributed by atoms with Crippen molar-refractivity contribution in [3.05, 3.63) is 35.0 Å². The lowest BCUT2D eigenvalue weighted by Gasteiger charge is -2.03. The number of rotatable bonds is 1. The van der Waals surface area contributed by atoms with Gasteiger partial charge < -0.3 is 0 Å². The maximum absolute atomic E-state index is 13.5. The monoisotopic (exact) mass is 222 g/mol. The average Bonchev–Trinajstić information content (AvgIpc) is 3.02. The minimum atomic E-state index is -0.335. The van der Waals surface area contributed by atoms with E-state index in [0.717, 1.165) is 12.8 Å². The van der Waals surface area contributed by atoms with Gasteiger partial charge in [0.25, 0.3) is 0 Å². The molecule has 1 aliphatic carbocycles. The van der Waals surface area contributed by atoms with E-state index >= 15 is 0 Å². The molecule has 1 aliphatic rings. The third-order valence-corrected chi connectivity index (χ3v) is 2.88. The van der Waals surface area contributed by atoms with Crippen molar-refractivity contribution in [2.75, 3.05) is 0 Å². The van der Waals surface area contributed by atoms with Crippen molar-refractivity contribution in [2.45, 2.75) is 18.8 Å². The van der Waals surface area contributed by atoms with Gasteiger partial charge >= 0.3 is 0 Å². The number of nitrogens with zero attached hydrogens (tertiary/aromatic N) is 2. The van der Waals surface area contributed by atoms with Crippen LogP contribution in [0.4, 0.5) is 4.39 Å². The van der Waals surface area contributed by atoms with Crippen LogP contribution in [0.25, 0.3) is 10.9 Å². The van der Waals surface area contributed by atoms with Crippen molar-refractivity contribution in [3.8, 4) is 0 Å². The second-order valence-electron chi connectivity index (χ2n) is 3.78. The second kappa shape index (κ2) is 3.14. The highest BCUT2D eigenvalue weighted by molar-refractivity contribution is 6.34. The Bertz CT molecular complexity index is 537. The highest BCUT2D eigenvalue weighted by Gasteiger charge is 2.27. The number of hydrogen-bond acceptors (Lipinski definition) is 2. The molecule has 1 aromatic heterocycles. The number of fused-ring (bicyclic) bond motifs is 1. The maximum atomic E-state index is 13.5. The van der Waals surface area contributed by atoms with E-state index in [-0.39, 0.29) is 5.82 Å². The SMILES string of the molecule is Fc1cccc2c(Cl)nc(C3CC3)nc12. The molecular weight excluding hydrogens is 215 g/mol. The van der Waals surface area contributed by atoms with Gasteiger partial charge in [0.2, 0.25) is 0 Å². The van der Waals surface area contributed by atoms with Crippen LogP contribution in [-0.2, 0) is 0 Å². The summed E-state index contributed by atoms with van der Waals surface area (Å²) >= 11 is 5.99. The summed E-state index contributed by atoms with van der Waals surface area (Å²) in [7, 11) is 0. The number of para-hydroxylation sites is 1. The lowest BCUT2D eigenvalue weighted by atomic mass is 10.2. The van der Waals surface area contributed by atoms with E-state index in [1.54, 1.807) is 12.1 Å². The standard InChI is InChI=1S/C11H8ClFN2/c12-10-7-2-1-3-8(13)9(7)14-11(15-10)6-4-5-6/h1-3,6H,4-5H2. The van der Waals surface area contributed by atoms with Gasteiger partial charge in [0.1, 0.15) is 22.3 Å². The van der Waals surface area contributed by atoms with Crippen LogP contribution in [0.2, 0.25) is 5.15 Å². The van der Waals surface area contributed by atoms with Crippen molar-refractivity contribution in [1.29, 1.82) is 0 Å². The molecule has 0 N–H and O–H groups in total. The van der Waals surface area contributed by atoms with E-state index in [1.165, 1.54) is 6.07 Å². The highest BCUT2D eigenvalue weighted by Crippen LogP contribution is 2.39. The number of aromatic nitrogens is 2. The lowest BCUT2D eigenvalue weighted by molar-refractivity contribution is 0.635. The molecule has 0 saturated heterocycles. The third-order valence-electron chi connectivity index (χ3n) is 2.59. The molecule has 0 radical (unpaired) electrons. The zero-order valence-corrected chi connectivity index (χ0v) is 8.63. The molecule has 1 fully saturated rings. The first-order chi connectivity index (χ1) is 7.25. The zero-order chi connectivity index (χ0) is 10.4. The van der Waals surface area contributed by atoms with Crippen molar-refractivity contribution >= 4 is 22.5 Å². The fourth-order valence-electron chi connectivity index (χ4n) is 1.62. The largest absolute Gasteiger partial charge is 0.229 e. The molecule has 2 aromatic rings. The van der Waals surface area contributed by atoms with Gasteiger partial charge in [0, 0.05) is 11.3 Å². The van der Waals surface area contributed by atoms with E-state index < -0.39 is 0 Å². The normalized spacial score (nSPS) is 15.9. The van der Waals surface area contributed by atoms with Gasteiger partial charge in [-0.3, -0.25) is 0 Å². The Kier molecular flexibility index (Phi) is 1.89. The fraction of sp³-hybridized carbons (Fsp3) is 0.273. The lowest BCUT2D eigenvalue weighted by Crippen LogP contribution is -1.96. The van der Waals surface area contributed by atoms with Crippen LogP contribution in [0.5, 0.6) is 0 Å². The van der Waals surface area contributed by atoms with Gasteiger partial charge in [-0.1, -0.05) is 17.7 Å². The predicted molar refractivity (Wildman–Crippen MR) is 56.5 cm³/mol. The van der Waals surface area contributed by atoms with Crippen molar-refractivity contribution in [1.82, 2.24) is 9.97 Å². The first kappa shape index (κ1) is 9.04. The van der Waals surface area contributed by atoms with Crippen LogP contribution < -0.4 is 0 Å². The van der Waals surface area contributed by atoms with E-state index in [9.17, 15) is 4.39 Å². The van der Waals surface area contributed by atoms with E-state index in [2.05, 4.69) is 9.97 Å². The molecule has 0 spiro atoms. The van der Waals surface area contributed by atoms with Crippen LogP contribution in [0.3, 0.4) is 0 Å². The second-order valence-corrected chi connectivity index (χ2v) is 4.14. The number of hydrogen-bond donors (Lipinski definition) is 0. The zero-order valence-electron chi connectivity index (χ0n) is 7.87. The van der Waals surface area contributed by atoms with Crippen LogP contribution >= 0.6 is 11.6 Å². The molecule has 2 nitrogen and oxygen atoms in total. The Morgan fingerprint density at radius 3 is 2.80 bits per heavy atom. The minimum Gasteiger partial charge on any atom is -0.229 e. The summed E-state index contributed by atoms with van der Waals surface area (Å²) in [6.45, 7) is 0. The van der Waals surface area contributed by atoms with Crippen molar-refractivity contribution in [2.24, 2.45) is 0 Å². The summed E-state index contributed by atoms with van der Waals surface area (Å²) in [4.78, 5) is 8.42. The molecule has 76 valence electrons. The van der Waals surface area contributed by atoms with E-state index in [4.69, 9.17) is 11.6 Å². The molecule has 15 heavy (non-hydrogen) atoms. The number of benzene rings is 1. The summed E-state index contributed by atoms with van der Waals surface area (Å²) in [5, 5.41) is 0.933. The highest BCUT2D eigenvalue weighted by atomic mass is 35.5. The first-order valence-electron chi connectivity index (χ1n) is 4.87. The minimum absolute atomic E-state index is 0.333. The fourth-order valence-corrected chi connectivity index (χ4v) is 1.86. The molecule has 4 heteroatoms. The Morgan fingerprint density at radius 1 is 1.27 bits per heavy atom. The van der Waals surface area contributed by atoms with Crippen molar-refractivity contribution < 1.29 is 4.39 Å². The smallest absolute Gasteiger partial charge is 0.149 e. The third kappa shape index (κ3) is 1.47.